The zero-order valence-electron chi connectivity index (χ0n) is 12.6. The van der Waals surface area contributed by atoms with E-state index >= 15 is 0 Å². The number of nitrogens with zero attached hydrogens (tertiary/aromatic N) is 1. The predicted molar refractivity (Wildman–Crippen MR) is 79.4 cm³/mol. The SMILES string of the molecule is O=C(NC(CN1C(=O)COC1=O)c1ccccc1)C1CCCO1. The highest BCUT2D eigenvalue weighted by Gasteiger charge is 2.34. The van der Waals surface area contributed by atoms with Crippen molar-refractivity contribution in [2.45, 2.75) is 25.0 Å². The van der Waals surface area contributed by atoms with Crippen LogP contribution in [-0.4, -0.2) is 48.7 Å². The maximum atomic E-state index is 12.3. The number of ether oxygens (including phenoxy) is 2. The van der Waals surface area contributed by atoms with E-state index in [0.29, 0.717) is 13.0 Å². The minimum atomic E-state index is -0.678. The summed E-state index contributed by atoms with van der Waals surface area (Å²) in [5.41, 5.74) is 0.811. The van der Waals surface area contributed by atoms with Crippen molar-refractivity contribution < 1.29 is 23.9 Å². The van der Waals surface area contributed by atoms with Crippen molar-refractivity contribution in [2.75, 3.05) is 19.8 Å². The lowest BCUT2D eigenvalue weighted by atomic mass is 10.1. The van der Waals surface area contributed by atoms with Crippen molar-refractivity contribution in [2.24, 2.45) is 0 Å². The summed E-state index contributed by atoms with van der Waals surface area (Å²) in [5.74, 6) is -0.626. The molecule has 7 nitrogen and oxygen atoms in total. The molecular formula is C16H18N2O5. The van der Waals surface area contributed by atoms with Gasteiger partial charge in [-0.25, -0.2) is 9.69 Å². The summed E-state index contributed by atoms with van der Waals surface area (Å²) < 4.78 is 10.1. The van der Waals surface area contributed by atoms with Gasteiger partial charge in [-0.05, 0) is 18.4 Å². The van der Waals surface area contributed by atoms with Crippen LogP contribution in [0.3, 0.4) is 0 Å². The molecule has 3 amide bonds. The first-order valence-corrected chi connectivity index (χ1v) is 7.59. The average molecular weight is 318 g/mol. The molecule has 0 radical (unpaired) electrons. The van der Waals surface area contributed by atoms with Gasteiger partial charge in [0.25, 0.3) is 5.91 Å². The molecule has 23 heavy (non-hydrogen) atoms. The van der Waals surface area contributed by atoms with Gasteiger partial charge in [-0.1, -0.05) is 30.3 Å². The molecule has 1 N–H and O–H groups in total. The molecule has 2 atom stereocenters. The summed E-state index contributed by atoms with van der Waals surface area (Å²) in [5, 5.41) is 2.88. The van der Waals surface area contributed by atoms with Gasteiger partial charge in [-0.3, -0.25) is 9.59 Å². The molecule has 1 aromatic carbocycles. The molecule has 2 saturated heterocycles. The molecule has 2 heterocycles. The van der Waals surface area contributed by atoms with Gasteiger partial charge >= 0.3 is 6.09 Å². The fourth-order valence-corrected chi connectivity index (χ4v) is 2.71. The second kappa shape index (κ2) is 6.78. The lowest BCUT2D eigenvalue weighted by molar-refractivity contribution is -0.132. The molecule has 0 bridgehead atoms. The third kappa shape index (κ3) is 3.50. The summed E-state index contributed by atoms with van der Waals surface area (Å²) in [4.78, 5) is 36.7. The highest BCUT2D eigenvalue weighted by Crippen LogP contribution is 2.19. The van der Waals surface area contributed by atoms with E-state index in [0.717, 1.165) is 16.9 Å². The van der Waals surface area contributed by atoms with Gasteiger partial charge in [0, 0.05) is 6.61 Å². The molecule has 7 heteroatoms. The molecule has 122 valence electrons. The molecule has 1 aromatic rings. The van der Waals surface area contributed by atoms with E-state index in [4.69, 9.17) is 9.47 Å². The first kappa shape index (κ1) is 15.5. The van der Waals surface area contributed by atoms with E-state index in [-0.39, 0.29) is 19.1 Å². The lowest BCUT2D eigenvalue weighted by Gasteiger charge is -2.24. The highest BCUT2D eigenvalue weighted by molar-refractivity contribution is 5.97. The Labute approximate surface area is 133 Å². The van der Waals surface area contributed by atoms with E-state index < -0.39 is 24.1 Å². The van der Waals surface area contributed by atoms with Crippen LogP contribution in [0.15, 0.2) is 30.3 Å². The first-order valence-electron chi connectivity index (χ1n) is 7.59. The molecule has 3 rings (SSSR count). The van der Waals surface area contributed by atoms with Gasteiger partial charge < -0.3 is 14.8 Å². The standard InChI is InChI=1S/C16H18N2O5/c19-14-10-23-16(21)18(14)9-12(11-5-2-1-3-6-11)17-15(20)13-7-4-8-22-13/h1-3,5-6,12-13H,4,7-10H2,(H,17,20). The molecule has 0 aromatic heterocycles. The fourth-order valence-electron chi connectivity index (χ4n) is 2.71. The number of amides is 3. The third-order valence-corrected chi connectivity index (χ3v) is 3.95. The Hall–Kier alpha value is -2.41. The van der Waals surface area contributed by atoms with Crippen LogP contribution in [0.25, 0.3) is 0 Å². The third-order valence-electron chi connectivity index (χ3n) is 3.95. The topological polar surface area (TPSA) is 84.9 Å². The van der Waals surface area contributed by atoms with Crippen molar-refractivity contribution in [3.8, 4) is 0 Å². The van der Waals surface area contributed by atoms with Crippen molar-refractivity contribution in [1.29, 1.82) is 0 Å². The number of hydrogen-bond donors (Lipinski definition) is 1. The Balaban J connectivity index is 1.75. The Bertz CT molecular complexity index is 582. The van der Waals surface area contributed by atoms with Crippen molar-refractivity contribution in [3.63, 3.8) is 0 Å². The Morgan fingerprint density at radius 2 is 2.09 bits per heavy atom. The van der Waals surface area contributed by atoms with Gasteiger partial charge in [-0.2, -0.15) is 0 Å². The van der Waals surface area contributed by atoms with Crippen molar-refractivity contribution >= 4 is 17.9 Å². The number of carbonyl (C=O) groups is 3. The summed E-state index contributed by atoms with van der Waals surface area (Å²) in [6.45, 7) is 0.366. The maximum Gasteiger partial charge on any atom is 0.417 e. The number of hydrogen-bond acceptors (Lipinski definition) is 5. The molecule has 0 saturated carbocycles. The number of rotatable bonds is 5. The average Bonchev–Trinajstić information content (AvgIpc) is 3.20. The Morgan fingerprint density at radius 1 is 1.30 bits per heavy atom. The molecular weight excluding hydrogens is 300 g/mol. The molecule has 2 aliphatic rings. The number of imide groups is 1. The second-order valence-corrected chi connectivity index (χ2v) is 5.53. The molecule has 2 unspecified atom stereocenters. The zero-order valence-corrected chi connectivity index (χ0v) is 12.6. The van der Waals surface area contributed by atoms with Crippen LogP contribution < -0.4 is 5.32 Å². The molecule has 2 aliphatic heterocycles. The predicted octanol–water partition coefficient (Wildman–Crippen LogP) is 1.00. The minimum absolute atomic E-state index is 0.0418. The monoisotopic (exact) mass is 318 g/mol. The number of cyclic esters (lactones) is 1. The van der Waals surface area contributed by atoms with Crippen LogP contribution in [0.1, 0.15) is 24.4 Å². The van der Waals surface area contributed by atoms with Crippen LogP contribution in [0.4, 0.5) is 4.79 Å². The maximum absolute atomic E-state index is 12.3. The highest BCUT2D eigenvalue weighted by atomic mass is 16.6. The van der Waals surface area contributed by atoms with Gasteiger partial charge in [0.05, 0.1) is 12.6 Å². The number of benzene rings is 1. The number of nitrogens with one attached hydrogen (secondary N) is 1. The second-order valence-electron chi connectivity index (χ2n) is 5.53. The summed E-state index contributed by atoms with van der Waals surface area (Å²) >= 11 is 0. The summed E-state index contributed by atoms with van der Waals surface area (Å²) in [6, 6.07) is 8.72. The van der Waals surface area contributed by atoms with Crippen LogP contribution in [0, 0.1) is 0 Å². The van der Waals surface area contributed by atoms with Crippen LogP contribution >= 0.6 is 0 Å². The number of carbonyl (C=O) groups excluding carboxylic acids is 3. The van der Waals surface area contributed by atoms with Gasteiger partial charge in [0.1, 0.15) is 6.10 Å². The molecule has 2 fully saturated rings. The largest absolute Gasteiger partial charge is 0.439 e. The molecule has 0 aliphatic carbocycles. The minimum Gasteiger partial charge on any atom is -0.439 e. The van der Waals surface area contributed by atoms with E-state index in [9.17, 15) is 14.4 Å². The Kier molecular flexibility index (Phi) is 4.57. The molecule has 0 spiro atoms. The quantitative estimate of drug-likeness (QED) is 0.875. The van der Waals surface area contributed by atoms with E-state index in [1.807, 2.05) is 30.3 Å². The first-order chi connectivity index (χ1) is 11.1. The lowest BCUT2D eigenvalue weighted by Crippen LogP contribution is -2.43. The van der Waals surface area contributed by atoms with E-state index in [2.05, 4.69) is 5.32 Å². The van der Waals surface area contributed by atoms with E-state index in [1.54, 1.807) is 0 Å². The Morgan fingerprint density at radius 3 is 2.70 bits per heavy atom. The van der Waals surface area contributed by atoms with Crippen LogP contribution in [0.2, 0.25) is 0 Å². The smallest absolute Gasteiger partial charge is 0.417 e. The van der Waals surface area contributed by atoms with Crippen LogP contribution in [-0.2, 0) is 19.1 Å². The zero-order chi connectivity index (χ0) is 16.2. The van der Waals surface area contributed by atoms with Crippen LogP contribution in [0.5, 0.6) is 0 Å². The van der Waals surface area contributed by atoms with Gasteiger partial charge in [-0.15, -0.1) is 0 Å². The normalized spacial score (nSPS) is 22.1. The van der Waals surface area contributed by atoms with Gasteiger partial charge in [0.2, 0.25) is 5.91 Å². The van der Waals surface area contributed by atoms with Crippen molar-refractivity contribution in [1.82, 2.24) is 10.2 Å². The fraction of sp³-hybridized carbons (Fsp3) is 0.438. The summed E-state index contributed by atoms with van der Waals surface area (Å²) in [7, 11) is 0. The summed E-state index contributed by atoms with van der Waals surface area (Å²) in [6.07, 6.45) is 0.382. The van der Waals surface area contributed by atoms with Gasteiger partial charge in [0.15, 0.2) is 6.61 Å². The van der Waals surface area contributed by atoms with Crippen molar-refractivity contribution in [3.05, 3.63) is 35.9 Å². The van der Waals surface area contributed by atoms with E-state index in [1.165, 1.54) is 0 Å².